The van der Waals surface area contributed by atoms with Crippen molar-refractivity contribution in [2.45, 2.75) is 11.3 Å². The fraction of sp³-hybridized carbons (Fsp3) is 0.0909. The summed E-state index contributed by atoms with van der Waals surface area (Å²) in [7, 11) is -4.37. The highest BCUT2D eigenvalue weighted by Gasteiger charge is 2.23. The van der Waals surface area contributed by atoms with Crippen LogP contribution in [-0.4, -0.2) is 42.8 Å². The molecule has 1 aromatic heterocycles. The van der Waals surface area contributed by atoms with E-state index in [9.17, 15) is 22.8 Å². The Labute approximate surface area is 194 Å². The van der Waals surface area contributed by atoms with Crippen LogP contribution in [0.2, 0.25) is 5.02 Å². The predicted molar refractivity (Wildman–Crippen MR) is 120 cm³/mol. The number of nitrogens with one attached hydrogen (secondary N) is 2. The van der Waals surface area contributed by atoms with E-state index in [4.69, 9.17) is 16.7 Å². The van der Waals surface area contributed by atoms with Crippen LogP contribution in [-0.2, 0) is 16.4 Å². The molecule has 3 N–H and O–H groups in total. The molecule has 2 amide bonds. The number of carboxylic acids is 1. The van der Waals surface area contributed by atoms with Crippen LogP contribution in [0.1, 0.15) is 36.8 Å². The van der Waals surface area contributed by atoms with Gasteiger partial charge in [0.15, 0.2) is 0 Å². The molecule has 0 atom stereocenters. The Balaban J connectivity index is 1.66. The lowest BCUT2D eigenvalue weighted by atomic mass is 10.1. The lowest BCUT2D eigenvalue weighted by Gasteiger charge is -2.10. The second-order valence-electron chi connectivity index (χ2n) is 6.81. The summed E-state index contributed by atoms with van der Waals surface area (Å²) in [5.74, 6) is -2.73. The van der Waals surface area contributed by atoms with Gasteiger partial charge in [-0.2, -0.15) is 0 Å². The molecule has 0 saturated carbocycles. The van der Waals surface area contributed by atoms with Crippen molar-refractivity contribution in [1.29, 1.82) is 0 Å². The van der Waals surface area contributed by atoms with Crippen LogP contribution < -0.4 is 10.0 Å². The summed E-state index contributed by atoms with van der Waals surface area (Å²) < 4.78 is 27.0. The number of hydrogen-bond donors (Lipinski definition) is 3. The molecule has 2 aromatic carbocycles. The number of amides is 2. The number of aromatic carboxylic acids is 1. The van der Waals surface area contributed by atoms with Gasteiger partial charge in [0.1, 0.15) is 10.6 Å². The Morgan fingerprint density at radius 3 is 2.24 bits per heavy atom. The summed E-state index contributed by atoms with van der Waals surface area (Å²) in [4.78, 5) is 38.6. The van der Waals surface area contributed by atoms with Crippen LogP contribution in [0.5, 0.6) is 0 Å². The molecule has 0 aliphatic heterocycles. The van der Waals surface area contributed by atoms with Gasteiger partial charge >= 0.3 is 5.97 Å². The van der Waals surface area contributed by atoms with Gasteiger partial charge in [-0.1, -0.05) is 41.9 Å². The number of nitrogens with zero attached hydrogens (tertiary/aromatic N) is 1. The van der Waals surface area contributed by atoms with Crippen molar-refractivity contribution < 1.29 is 27.9 Å². The van der Waals surface area contributed by atoms with Crippen molar-refractivity contribution >= 4 is 39.4 Å². The van der Waals surface area contributed by atoms with E-state index in [1.165, 1.54) is 12.1 Å². The molecule has 0 bridgehead atoms. The standard InChI is InChI=1S/C22H18ClN3O6S/c23-17-12-15(20(27)24-11-10-14-4-2-1-3-5-14)7-9-19(17)33(31,32)26-21(28)16-6-8-18(22(29)30)25-13-16/h1-9,12-13H,10-11H2,(H,24,27)(H,26,28)(H,29,30). The van der Waals surface area contributed by atoms with Gasteiger partial charge in [-0.25, -0.2) is 22.9 Å². The first-order chi connectivity index (χ1) is 15.7. The molecule has 0 radical (unpaired) electrons. The summed E-state index contributed by atoms with van der Waals surface area (Å²) in [5, 5.41) is 11.3. The van der Waals surface area contributed by atoms with Gasteiger partial charge in [0.25, 0.3) is 21.8 Å². The highest BCUT2D eigenvalue weighted by molar-refractivity contribution is 7.90. The smallest absolute Gasteiger partial charge is 0.354 e. The van der Waals surface area contributed by atoms with Crippen LogP contribution in [0, 0.1) is 0 Å². The van der Waals surface area contributed by atoms with E-state index in [0.717, 1.165) is 30.0 Å². The molecule has 33 heavy (non-hydrogen) atoms. The van der Waals surface area contributed by atoms with Crippen LogP contribution in [0.25, 0.3) is 0 Å². The van der Waals surface area contributed by atoms with E-state index in [-0.39, 0.29) is 21.8 Å². The van der Waals surface area contributed by atoms with E-state index in [2.05, 4.69) is 10.3 Å². The average molecular weight is 488 g/mol. The number of hydrogen-bond acceptors (Lipinski definition) is 6. The van der Waals surface area contributed by atoms with E-state index >= 15 is 0 Å². The topological polar surface area (TPSA) is 143 Å². The van der Waals surface area contributed by atoms with Crippen LogP contribution in [0.3, 0.4) is 0 Å². The number of rotatable bonds is 8. The second-order valence-corrected chi connectivity index (χ2v) is 8.87. The first kappa shape index (κ1) is 23.9. The average Bonchev–Trinajstić information content (AvgIpc) is 2.79. The Kier molecular flexibility index (Phi) is 7.41. The molecule has 11 heteroatoms. The summed E-state index contributed by atoms with van der Waals surface area (Å²) in [6.45, 7) is 0.380. The number of carboxylic acid groups (broad SMARTS) is 1. The van der Waals surface area contributed by atoms with Gasteiger partial charge in [-0.05, 0) is 42.3 Å². The Morgan fingerprint density at radius 2 is 1.64 bits per heavy atom. The highest BCUT2D eigenvalue weighted by Crippen LogP contribution is 2.23. The Hall–Kier alpha value is -3.76. The van der Waals surface area contributed by atoms with E-state index in [0.29, 0.717) is 13.0 Å². The fourth-order valence-corrected chi connectivity index (χ4v) is 4.34. The maximum atomic E-state index is 12.6. The summed E-state index contributed by atoms with van der Waals surface area (Å²) in [6, 6.07) is 15.4. The maximum absolute atomic E-state index is 12.6. The van der Waals surface area contributed by atoms with Crippen molar-refractivity contribution in [3.63, 3.8) is 0 Å². The molecule has 0 aliphatic rings. The number of halogens is 1. The van der Waals surface area contributed by atoms with Gasteiger partial charge in [-0.3, -0.25) is 9.59 Å². The minimum Gasteiger partial charge on any atom is -0.477 e. The molecule has 0 saturated heterocycles. The zero-order valence-corrected chi connectivity index (χ0v) is 18.6. The van der Waals surface area contributed by atoms with Crippen molar-refractivity contribution in [2.24, 2.45) is 0 Å². The summed E-state index contributed by atoms with van der Waals surface area (Å²) in [6.07, 6.45) is 1.57. The molecule has 0 spiro atoms. The molecular weight excluding hydrogens is 470 g/mol. The Morgan fingerprint density at radius 1 is 0.939 bits per heavy atom. The molecular formula is C22H18ClN3O6S. The number of carbonyl (C=O) groups excluding carboxylic acids is 2. The zero-order valence-electron chi connectivity index (χ0n) is 17.0. The molecule has 3 rings (SSSR count). The number of aromatic nitrogens is 1. The summed E-state index contributed by atoms with van der Waals surface area (Å²) >= 11 is 6.08. The third-order valence-corrected chi connectivity index (χ3v) is 6.31. The van der Waals surface area contributed by atoms with Crippen LogP contribution >= 0.6 is 11.6 Å². The normalized spacial score (nSPS) is 10.9. The third kappa shape index (κ3) is 6.15. The number of pyridine rings is 1. The lowest BCUT2D eigenvalue weighted by molar-refractivity contribution is 0.0689. The van der Waals surface area contributed by atoms with Gasteiger partial charge in [0.2, 0.25) is 0 Å². The predicted octanol–water partition coefficient (Wildman–Crippen LogP) is 2.52. The number of benzene rings is 2. The minimum absolute atomic E-state index is 0.158. The van der Waals surface area contributed by atoms with Crippen molar-refractivity contribution in [1.82, 2.24) is 15.0 Å². The zero-order chi connectivity index (χ0) is 24.0. The SMILES string of the molecule is O=C(NCCc1ccccc1)c1ccc(S(=O)(=O)NC(=O)c2ccc(C(=O)O)nc2)c(Cl)c1. The third-order valence-electron chi connectivity index (χ3n) is 4.50. The number of carbonyl (C=O) groups is 3. The lowest BCUT2D eigenvalue weighted by Crippen LogP contribution is -2.31. The van der Waals surface area contributed by atoms with Gasteiger partial charge in [0.05, 0.1) is 10.6 Å². The molecule has 0 unspecified atom stereocenters. The molecule has 0 fully saturated rings. The maximum Gasteiger partial charge on any atom is 0.354 e. The fourth-order valence-electron chi connectivity index (χ4n) is 2.82. The first-order valence-corrected chi connectivity index (χ1v) is 11.4. The van der Waals surface area contributed by atoms with E-state index in [1.54, 1.807) is 0 Å². The molecule has 3 aromatic rings. The Bertz CT molecular complexity index is 1300. The van der Waals surface area contributed by atoms with Crippen LogP contribution in [0.4, 0.5) is 0 Å². The molecule has 9 nitrogen and oxygen atoms in total. The molecule has 170 valence electrons. The second kappa shape index (κ2) is 10.2. The molecule has 1 heterocycles. The van der Waals surface area contributed by atoms with E-state index < -0.39 is 32.7 Å². The van der Waals surface area contributed by atoms with Gasteiger partial charge in [-0.15, -0.1) is 0 Å². The quantitative estimate of drug-likeness (QED) is 0.443. The highest BCUT2D eigenvalue weighted by atomic mass is 35.5. The van der Waals surface area contributed by atoms with Crippen LogP contribution in [0.15, 0.2) is 71.8 Å². The largest absolute Gasteiger partial charge is 0.477 e. The van der Waals surface area contributed by atoms with Crippen molar-refractivity contribution in [2.75, 3.05) is 6.54 Å². The van der Waals surface area contributed by atoms with E-state index in [1.807, 2.05) is 35.1 Å². The minimum atomic E-state index is -4.37. The first-order valence-electron chi connectivity index (χ1n) is 9.55. The van der Waals surface area contributed by atoms with Crippen molar-refractivity contribution in [3.05, 3.63) is 94.3 Å². The van der Waals surface area contributed by atoms with Crippen molar-refractivity contribution in [3.8, 4) is 0 Å². The van der Waals surface area contributed by atoms with Gasteiger partial charge in [0, 0.05) is 18.3 Å². The monoisotopic (exact) mass is 487 g/mol. The van der Waals surface area contributed by atoms with Gasteiger partial charge < -0.3 is 10.4 Å². The summed E-state index contributed by atoms with van der Waals surface area (Å²) in [5.41, 5.74) is 0.761. The number of sulfonamides is 1. The molecule has 0 aliphatic carbocycles.